The molecule has 3 aromatic carbocycles. The molecule has 0 aromatic heterocycles. The van der Waals surface area contributed by atoms with Crippen molar-refractivity contribution in [3.05, 3.63) is 119 Å². The summed E-state index contributed by atoms with van der Waals surface area (Å²) in [6.45, 7) is 6.83. The standard InChI is InChI=1S/C27H26/c1-27(2,3)24-16-10-15-22(17-24)23-18-25(20-11-6-4-7-12-20)26(19-23)21-13-8-5-9-14-21/h4-19,23H,1-3H3. The summed E-state index contributed by atoms with van der Waals surface area (Å²) in [6.07, 6.45) is 4.83. The number of benzene rings is 3. The minimum absolute atomic E-state index is 0.159. The maximum absolute atomic E-state index is 2.42. The van der Waals surface area contributed by atoms with Crippen LogP contribution in [0.4, 0.5) is 0 Å². The summed E-state index contributed by atoms with van der Waals surface area (Å²) in [5.74, 6) is 0.303. The summed E-state index contributed by atoms with van der Waals surface area (Å²) in [4.78, 5) is 0. The quantitative estimate of drug-likeness (QED) is 0.467. The Bertz CT molecular complexity index is 927. The van der Waals surface area contributed by atoms with E-state index >= 15 is 0 Å². The van der Waals surface area contributed by atoms with Gasteiger partial charge in [-0.15, -0.1) is 0 Å². The molecule has 0 unspecified atom stereocenters. The minimum atomic E-state index is 0.159. The van der Waals surface area contributed by atoms with E-state index in [1.165, 1.54) is 33.4 Å². The van der Waals surface area contributed by atoms with E-state index in [2.05, 4.69) is 118 Å². The SMILES string of the molecule is CC(C)(C)c1cccc(C2C=C(c3ccccc3)C(c3ccccc3)=C2)c1. The van der Waals surface area contributed by atoms with Crippen LogP contribution in [0, 0.1) is 0 Å². The highest BCUT2D eigenvalue weighted by Crippen LogP contribution is 2.42. The molecule has 0 heterocycles. The van der Waals surface area contributed by atoms with Gasteiger partial charge in [-0.2, -0.15) is 0 Å². The van der Waals surface area contributed by atoms with Crippen LogP contribution in [-0.4, -0.2) is 0 Å². The van der Waals surface area contributed by atoms with Gasteiger partial charge in [0.25, 0.3) is 0 Å². The second-order valence-electron chi connectivity index (χ2n) is 8.29. The fraction of sp³-hybridized carbons (Fsp3) is 0.185. The molecule has 0 N–H and O–H groups in total. The van der Waals surface area contributed by atoms with Crippen molar-refractivity contribution in [3.63, 3.8) is 0 Å². The second-order valence-corrected chi connectivity index (χ2v) is 8.29. The number of allylic oxidation sites excluding steroid dienone is 4. The maximum Gasteiger partial charge on any atom is 0.0217 e. The van der Waals surface area contributed by atoms with Gasteiger partial charge in [0.2, 0.25) is 0 Å². The summed E-state index contributed by atoms with van der Waals surface area (Å²) in [6, 6.07) is 30.5. The number of rotatable bonds is 3. The first kappa shape index (κ1) is 17.5. The lowest BCUT2D eigenvalue weighted by Crippen LogP contribution is -2.11. The van der Waals surface area contributed by atoms with Gasteiger partial charge in [0.1, 0.15) is 0 Å². The summed E-state index contributed by atoms with van der Waals surface area (Å²) < 4.78 is 0. The van der Waals surface area contributed by atoms with Crippen molar-refractivity contribution in [2.45, 2.75) is 32.1 Å². The third-order valence-corrected chi connectivity index (χ3v) is 5.29. The van der Waals surface area contributed by atoms with E-state index in [0.29, 0.717) is 5.92 Å². The Labute approximate surface area is 162 Å². The largest absolute Gasteiger partial charge is 0.0647 e. The first-order valence-corrected chi connectivity index (χ1v) is 9.68. The molecule has 0 saturated carbocycles. The minimum Gasteiger partial charge on any atom is -0.0647 e. The van der Waals surface area contributed by atoms with Crippen LogP contribution in [0.3, 0.4) is 0 Å². The van der Waals surface area contributed by atoms with E-state index < -0.39 is 0 Å². The second kappa shape index (κ2) is 7.04. The Balaban J connectivity index is 1.81. The van der Waals surface area contributed by atoms with Crippen molar-refractivity contribution >= 4 is 11.1 Å². The lowest BCUT2D eigenvalue weighted by molar-refractivity contribution is 0.589. The fourth-order valence-electron chi connectivity index (χ4n) is 3.73. The van der Waals surface area contributed by atoms with Gasteiger partial charge in [0.05, 0.1) is 0 Å². The lowest BCUT2D eigenvalue weighted by atomic mass is 9.84. The molecular formula is C27H26. The van der Waals surface area contributed by atoms with Crippen molar-refractivity contribution in [1.82, 2.24) is 0 Å². The maximum atomic E-state index is 2.42. The van der Waals surface area contributed by atoms with Gasteiger partial charge in [-0.1, -0.05) is 118 Å². The predicted molar refractivity (Wildman–Crippen MR) is 117 cm³/mol. The van der Waals surface area contributed by atoms with Crippen molar-refractivity contribution in [3.8, 4) is 0 Å². The highest BCUT2D eigenvalue weighted by Gasteiger charge is 2.22. The van der Waals surface area contributed by atoms with E-state index in [1.54, 1.807) is 0 Å². The Hall–Kier alpha value is -2.86. The average Bonchev–Trinajstić information content (AvgIpc) is 3.14. The molecule has 0 heteroatoms. The summed E-state index contributed by atoms with van der Waals surface area (Å²) in [7, 11) is 0. The van der Waals surface area contributed by atoms with Crippen LogP contribution in [0.15, 0.2) is 97.1 Å². The van der Waals surface area contributed by atoms with E-state index in [-0.39, 0.29) is 5.41 Å². The Morgan fingerprint density at radius 1 is 0.593 bits per heavy atom. The highest BCUT2D eigenvalue weighted by molar-refractivity contribution is 6.07. The van der Waals surface area contributed by atoms with Gasteiger partial charge in [-0.3, -0.25) is 0 Å². The monoisotopic (exact) mass is 350 g/mol. The first-order valence-electron chi connectivity index (χ1n) is 9.68. The molecule has 3 aromatic rings. The van der Waals surface area contributed by atoms with Crippen LogP contribution in [0.25, 0.3) is 11.1 Å². The van der Waals surface area contributed by atoms with Crippen molar-refractivity contribution < 1.29 is 0 Å². The third-order valence-electron chi connectivity index (χ3n) is 5.29. The highest BCUT2D eigenvalue weighted by atomic mass is 14.3. The normalized spacial score (nSPS) is 14.8. The molecule has 0 nitrogen and oxygen atoms in total. The van der Waals surface area contributed by atoms with Gasteiger partial charge in [0.15, 0.2) is 0 Å². The van der Waals surface area contributed by atoms with Gasteiger partial charge < -0.3 is 0 Å². The molecule has 0 atom stereocenters. The summed E-state index contributed by atoms with van der Waals surface area (Å²) in [5, 5.41) is 0. The van der Waals surface area contributed by atoms with Crippen molar-refractivity contribution in [1.29, 1.82) is 0 Å². The molecule has 134 valence electrons. The van der Waals surface area contributed by atoms with E-state index in [4.69, 9.17) is 0 Å². The molecular weight excluding hydrogens is 324 g/mol. The van der Waals surface area contributed by atoms with Crippen molar-refractivity contribution in [2.75, 3.05) is 0 Å². The van der Waals surface area contributed by atoms with E-state index in [0.717, 1.165) is 0 Å². The molecule has 0 fully saturated rings. The fourth-order valence-corrected chi connectivity index (χ4v) is 3.73. The van der Waals surface area contributed by atoms with Gasteiger partial charge in [-0.25, -0.2) is 0 Å². The Morgan fingerprint density at radius 3 is 1.59 bits per heavy atom. The van der Waals surface area contributed by atoms with Crippen LogP contribution in [0.5, 0.6) is 0 Å². The zero-order chi connectivity index (χ0) is 18.9. The van der Waals surface area contributed by atoms with Crippen LogP contribution in [0.2, 0.25) is 0 Å². The van der Waals surface area contributed by atoms with E-state index in [9.17, 15) is 0 Å². The lowest BCUT2D eigenvalue weighted by Gasteiger charge is -2.20. The topological polar surface area (TPSA) is 0 Å². The Morgan fingerprint density at radius 2 is 1.11 bits per heavy atom. The van der Waals surface area contributed by atoms with Gasteiger partial charge in [-0.05, 0) is 38.8 Å². The molecule has 0 spiro atoms. The molecule has 1 aliphatic carbocycles. The van der Waals surface area contributed by atoms with E-state index in [1.807, 2.05) is 0 Å². The average molecular weight is 351 g/mol. The zero-order valence-corrected chi connectivity index (χ0v) is 16.3. The smallest absolute Gasteiger partial charge is 0.0217 e. The molecule has 0 amide bonds. The van der Waals surface area contributed by atoms with Crippen LogP contribution < -0.4 is 0 Å². The summed E-state index contributed by atoms with van der Waals surface area (Å²) in [5.41, 5.74) is 8.12. The summed E-state index contributed by atoms with van der Waals surface area (Å²) >= 11 is 0. The van der Waals surface area contributed by atoms with Gasteiger partial charge in [0, 0.05) is 5.92 Å². The number of hydrogen-bond acceptors (Lipinski definition) is 0. The molecule has 0 bridgehead atoms. The molecule has 27 heavy (non-hydrogen) atoms. The predicted octanol–water partition coefficient (Wildman–Crippen LogP) is 7.25. The Kier molecular flexibility index (Phi) is 4.58. The first-order chi connectivity index (χ1) is 13.0. The molecule has 1 aliphatic rings. The van der Waals surface area contributed by atoms with Gasteiger partial charge >= 0.3 is 0 Å². The van der Waals surface area contributed by atoms with Crippen LogP contribution in [-0.2, 0) is 5.41 Å². The molecule has 0 aliphatic heterocycles. The zero-order valence-electron chi connectivity index (χ0n) is 16.3. The molecule has 4 rings (SSSR count). The number of hydrogen-bond donors (Lipinski definition) is 0. The van der Waals surface area contributed by atoms with Crippen LogP contribution >= 0.6 is 0 Å². The third kappa shape index (κ3) is 3.66. The van der Waals surface area contributed by atoms with Crippen molar-refractivity contribution in [2.24, 2.45) is 0 Å². The molecule has 0 saturated heterocycles. The molecule has 0 radical (unpaired) electrons. The van der Waals surface area contributed by atoms with Crippen LogP contribution in [0.1, 0.15) is 48.9 Å².